The van der Waals surface area contributed by atoms with Crippen LogP contribution in [0.15, 0.2) is 18.2 Å². The minimum absolute atomic E-state index is 0.0673. The van der Waals surface area contributed by atoms with E-state index < -0.39 is 0 Å². The van der Waals surface area contributed by atoms with Crippen LogP contribution in [0.1, 0.15) is 17.2 Å². The second-order valence-electron chi connectivity index (χ2n) is 3.06. The zero-order valence-corrected chi connectivity index (χ0v) is 8.64. The van der Waals surface area contributed by atoms with Gasteiger partial charge in [-0.15, -0.1) is 0 Å². The molecule has 1 atom stereocenters. The summed E-state index contributed by atoms with van der Waals surface area (Å²) in [6.45, 7) is 2.53. The Balaban J connectivity index is 2.88. The van der Waals surface area contributed by atoms with E-state index in [0.717, 1.165) is 16.1 Å². The zero-order valence-electron chi connectivity index (χ0n) is 7.88. The van der Waals surface area contributed by atoms with Gasteiger partial charge >= 0.3 is 0 Å². The summed E-state index contributed by atoms with van der Waals surface area (Å²) in [4.78, 5) is 0. The van der Waals surface area contributed by atoms with Crippen LogP contribution in [0.2, 0.25) is 5.02 Å². The number of benzene rings is 1. The molecule has 1 aromatic carbocycles. The van der Waals surface area contributed by atoms with Gasteiger partial charge in [0.1, 0.15) is 0 Å². The van der Waals surface area contributed by atoms with Gasteiger partial charge in [-0.3, -0.25) is 0 Å². The summed E-state index contributed by atoms with van der Waals surface area (Å²) in [5.74, 6) is 0. The van der Waals surface area contributed by atoms with Crippen molar-refractivity contribution >= 4 is 11.6 Å². The van der Waals surface area contributed by atoms with Crippen LogP contribution in [0.25, 0.3) is 0 Å². The Labute approximate surface area is 83.6 Å². The lowest BCUT2D eigenvalue weighted by Crippen LogP contribution is -2.17. The van der Waals surface area contributed by atoms with Crippen molar-refractivity contribution in [2.45, 2.75) is 13.0 Å². The van der Waals surface area contributed by atoms with Gasteiger partial charge in [0, 0.05) is 12.1 Å². The molecule has 1 rings (SSSR count). The molecule has 0 aliphatic rings. The third-order valence-electron chi connectivity index (χ3n) is 1.98. The van der Waals surface area contributed by atoms with Crippen LogP contribution in [-0.2, 0) is 4.74 Å². The van der Waals surface area contributed by atoms with E-state index in [4.69, 9.17) is 22.1 Å². The van der Waals surface area contributed by atoms with Crippen molar-refractivity contribution in [3.05, 3.63) is 34.3 Å². The van der Waals surface area contributed by atoms with Crippen molar-refractivity contribution in [2.75, 3.05) is 13.7 Å². The molecule has 2 nitrogen and oxygen atoms in total. The molecule has 0 saturated carbocycles. The second kappa shape index (κ2) is 4.61. The molecular formula is C10H14ClNO. The summed E-state index contributed by atoms with van der Waals surface area (Å²) >= 11 is 5.83. The van der Waals surface area contributed by atoms with Crippen LogP contribution < -0.4 is 5.73 Å². The topological polar surface area (TPSA) is 35.2 Å². The molecule has 1 unspecified atom stereocenters. The molecule has 0 aliphatic heterocycles. The summed E-state index contributed by atoms with van der Waals surface area (Å²) in [5.41, 5.74) is 8.09. The monoisotopic (exact) mass is 199 g/mol. The number of nitrogens with two attached hydrogens (primary N) is 1. The van der Waals surface area contributed by atoms with Crippen molar-refractivity contribution in [3.63, 3.8) is 0 Å². The minimum atomic E-state index is -0.0673. The largest absolute Gasteiger partial charge is 0.383 e. The Morgan fingerprint density at radius 3 is 2.77 bits per heavy atom. The van der Waals surface area contributed by atoms with Crippen molar-refractivity contribution in [1.82, 2.24) is 0 Å². The maximum Gasteiger partial charge on any atom is 0.0655 e. The predicted octanol–water partition coefficient (Wildman–Crippen LogP) is 2.29. The van der Waals surface area contributed by atoms with Gasteiger partial charge in [-0.2, -0.15) is 0 Å². The molecule has 0 saturated heterocycles. The Kier molecular flexibility index (Phi) is 3.72. The van der Waals surface area contributed by atoms with Crippen molar-refractivity contribution < 1.29 is 4.74 Å². The maximum atomic E-state index is 5.89. The number of rotatable bonds is 3. The number of methoxy groups -OCH3 is 1. The molecule has 0 amide bonds. The fraction of sp³-hybridized carbons (Fsp3) is 0.400. The highest BCUT2D eigenvalue weighted by Crippen LogP contribution is 2.19. The number of hydrogen-bond acceptors (Lipinski definition) is 2. The molecule has 0 radical (unpaired) electrons. The summed E-state index contributed by atoms with van der Waals surface area (Å²) in [6, 6.07) is 5.63. The molecule has 0 bridgehead atoms. The molecule has 0 spiro atoms. The van der Waals surface area contributed by atoms with Gasteiger partial charge in [0.05, 0.1) is 12.6 Å². The van der Waals surface area contributed by atoms with Crippen LogP contribution in [0.4, 0.5) is 0 Å². The standard InChI is InChI=1S/C10H14ClNO/c1-7-5-8(11)3-4-9(7)10(12)6-13-2/h3-5,10H,6,12H2,1-2H3. The Morgan fingerprint density at radius 2 is 2.23 bits per heavy atom. The van der Waals surface area contributed by atoms with Gasteiger partial charge < -0.3 is 10.5 Å². The number of halogens is 1. The van der Waals surface area contributed by atoms with E-state index >= 15 is 0 Å². The van der Waals surface area contributed by atoms with Crippen LogP contribution in [-0.4, -0.2) is 13.7 Å². The van der Waals surface area contributed by atoms with Crippen LogP contribution in [0.3, 0.4) is 0 Å². The first-order valence-electron chi connectivity index (χ1n) is 4.15. The van der Waals surface area contributed by atoms with Crippen molar-refractivity contribution in [1.29, 1.82) is 0 Å². The molecule has 2 N–H and O–H groups in total. The molecule has 0 heterocycles. The summed E-state index contributed by atoms with van der Waals surface area (Å²) in [5, 5.41) is 0.742. The number of aryl methyl sites for hydroxylation is 1. The zero-order chi connectivity index (χ0) is 9.84. The smallest absolute Gasteiger partial charge is 0.0655 e. The van der Waals surface area contributed by atoms with E-state index in [2.05, 4.69) is 0 Å². The lowest BCUT2D eigenvalue weighted by atomic mass is 10.0. The van der Waals surface area contributed by atoms with Gasteiger partial charge in [-0.25, -0.2) is 0 Å². The Hall–Kier alpha value is -0.570. The Morgan fingerprint density at radius 1 is 1.54 bits per heavy atom. The van der Waals surface area contributed by atoms with Gasteiger partial charge in [0.15, 0.2) is 0 Å². The van der Waals surface area contributed by atoms with Crippen LogP contribution >= 0.6 is 11.6 Å². The van der Waals surface area contributed by atoms with E-state index in [1.54, 1.807) is 7.11 Å². The van der Waals surface area contributed by atoms with Crippen LogP contribution in [0.5, 0.6) is 0 Å². The van der Waals surface area contributed by atoms with E-state index in [-0.39, 0.29) is 6.04 Å². The predicted molar refractivity (Wildman–Crippen MR) is 55.0 cm³/mol. The fourth-order valence-electron chi connectivity index (χ4n) is 1.32. The summed E-state index contributed by atoms with van der Waals surface area (Å²) in [7, 11) is 1.64. The highest BCUT2D eigenvalue weighted by molar-refractivity contribution is 6.30. The van der Waals surface area contributed by atoms with Gasteiger partial charge in [-0.05, 0) is 30.2 Å². The maximum absolute atomic E-state index is 5.89. The molecule has 1 aromatic rings. The van der Waals surface area contributed by atoms with Crippen LogP contribution in [0, 0.1) is 6.92 Å². The van der Waals surface area contributed by atoms with E-state index in [9.17, 15) is 0 Å². The molecule has 0 fully saturated rings. The third-order valence-corrected chi connectivity index (χ3v) is 2.21. The highest BCUT2D eigenvalue weighted by atomic mass is 35.5. The lowest BCUT2D eigenvalue weighted by molar-refractivity contribution is 0.180. The third kappa shape index (κ3) is 2.69. The summed E-state index contributed by atoms with van der Waals surface area (Å²) < 4.78 is 4.99. The fourth-order valence-corrected chi connectivity index (χ4v) is 1.55. The molecule has 0 aromatic heterocycles. The molecule has 13 heavy (non-hydrogen) atoms. The Bertz CT molecular complexity index is 288. The number of ether oxygens (including phenoxy) is 1. The molecule has 0 aliphatic carbocycles. The van der Waals surface area contributed by atoms with E-state index in [1.807, 2.05) is 25.1 Å². The molecule has 3 heteroatoms. The first-order valence-corrected chi connectivity index (χ1v) is 4.53. The highest BCUT2D eigenvalue weighted by Gasteiger charge is 2.08. The second-order valence-corrected chi connectivity index (χ2v) is 3.50. The first kappa shape index (κ1) is 10.5. The minimum Gasteiger partial charge on any atom is -0.383 e. The summed E-state index contributed by atoms with van der Waals surface area (Å²) in [6.07, 6.45) is 0. The number of hydrogen-bond donors (Lipinski definition) is 1. The SMILES string of the molecule is COCC(N)c1ccc(Cl)cc1C. The lowest BCUT2D eigenvalue weighted by Gasteiger charge is -2.13. The van der Waals surface area contributed by atoms with Gasteiger partial charge in [0.25, 0.3) is 0 Å². The first-order chi connectivity index (χ1) is 6.15. The van der Waals surface area contributed by atoms with E-state index in [0.29, 0.717) is 6.61 Å². The average Bonchev–Trinajstić information content (AvgIpc) is 2.04. The normalized spacial score (nSPS) is 12.9. The average molecular weight is 200 g/mol. The van der Waals surface area contributed by atoms with Crippen molar-refractivity contribution in [3.8, 4) is 0 Å². The molecular weight excluding hydrogens is 186 g/mol. The molecule has 72 valence electrons. The van der Waals surface area contributed by atoms with Gasteiger partial charge in [0.2, 0.25) is 0 Å². The quantitative estimate of drug-likeness (QED) is 0.811. The van der Waals surface area contributed by atoms with Gasteiger partial charge in [-0.1, -0.05) is 17.7 Å². The van der Waals surface area contributed by atoms with E-state index in [1.165, 1.54) is 0 Å². The van der Waals surface area contributed by atoms with Crippen molar-refractivity contribution in [2.24, 2.45) is 5.73 Å².